The van der Waals surface area contributed by atoms with Gasteiger partial charge >= 0.3 is 0 Å². The zero-order valence-corrected chi connectivity index (χ0v) is 14.7. The molecule has 27 heavy (non-hydrogen) atoms. The lowest BCUT2D eigenvalue weighted by Crippen LogP contribution is -1.98. The van der Waals surface area contributed by atoms with Gasteiger partial charge in [0.05, 0.1) is 16.6 Å². The molecule has 5 rings (SSSR count). The van der Waals surface area contributed by atoms with E-state index in [0.717, 1.165) is 16.6 Å². The quantitative estimate of drug-likeness (QED) is 0.415. The Bertz CT molecular complexity index is 1300. The van der Waals surface area contributed by atoms with E-state index in [0.29, 0.717) is 27.8 Å². The van der Waals surface area contributed by atoms with E-state index in [4.69, 9.17) is 16.6 Å². The van der Waals surface area contributed by atoms with Gasteiger partial charge in [-0.3, -0.25) is 4.40 Å². The Hall–Kier alpha value is -3.31. The summed E-state index contributed by atoms with van der Waals surface area (Å²) < 4.78 is 16.3. The standard InChI is InChI=1S/C21H12ClFN4/c22-14-10-11-17-18(12-14)27-20(15-8-4-5-9-16(15)23)25-26-21(27)19(24-17)13-6-2-1-3-7-13/h1-12H. The second-order valence-corrected chi connectivity index (χ2v) is 6.56. The molecule has 0 N–H and O–H groups in total. The summed E-state index contributed by atoms with van der Waals surface area (Å²) in [5, 5.41) is 9.18. The van der Waals surface area contributed by atoms with Gasteiger partial charge in [-0.1, -0.05) is 54.1 Å². The van der Waals surface area contributed by atoms with E-state index >= 15 is 0 Å². The van der Waals surface area contributed by atoms with Crippen molar-refractivity contribution in [3.8, 4) is 22.6 Å². The van der Waals surface area contributed by atoms with Crippen LogP contribution in [0.2, 0.25) is 5.02 Å². The molecule has 0 unspecified atom stereocenters. The minimum absolute atomic E-state index is 0.361. The number of nitrogens with zero attached hydrogens (tertiary/aromatic N) is 4. The minimum Gasteiger partial charge on any atom is -0.271 e. The highest BCUT2D eigenvalue weighted by molar-refractivity contribution is 6.31. The Kier molecular flexibility index (Phi) is 3.62. The van der Waals surface area contributed by atoms with Crippen LogP contribution in [0.5, 0.6) is 0 Å². The molecule has 0 aliphatic rings. The van der Waals surface area contributed by atoms with Gasteiger partial charge < -0.3 is 0 Å². The number of aromatic nitrogens is 4. The van der Waals surface area contributed by atoms with Gasteiger partial charge in [0.15, 0.2) is 11.5 Å². The van der Waals surface area contributed by atoms with Gasteiger partial charge in [-0.15, -0.1) is 10.2 Å². The van der Waals surface area contributed by atoms with Crippen LogP contribution in [0.15, 0.2) is 72.8 Å². The van der Waals surface area contributed by atoms with Crippen molar-refractivity contribution >= 4 is 28.3 Å². The molecule has 130 valence electrons. The van der Waals surface area contributed by atoms with Crippen molar-refractivity contribution in [3.05, 3.63) is 83.6 Å². The van der Waals surface area contributed by atoms with E-state index in [1.54, 1.807) is 30.3 Å². The first kappa shape index (κ1) is 15.9. The van der Waals surface area contributed by atoms with Crippen molar-refractivity contribution in [1.82, 2.24) is 19.6 Å². The summed E-state index contributed by atoms with van der Waals surface area (Å²) in [5.41, 5.74) is 3.96. The van der Waals surface area contributed by atoms with E-state index in [-0.39, 0.29) is 5.82 Å². The molecule has 5 aromatic rings. The molecule has 0 atom stereocenters. The van der Waals surface area contributed by atoms with Crippen LogP contribution in [0.4, 0.5) is 4.39 Å². The molecule has 3 aromatic carbocycles. The summed E-state index contributed by atoms with van der Waals surface area (Å²) in [6.45, 7) is 0. The fourth-order valence-corrected chi connectivity index (χ4v) is 3.38. The summed E-state index contributed by atoms with van der Waals surface area (Å²) in [6, 6.07) is 21.7. The van der Waals surface area contributed by atoms with Gasteiger partial charge in [-0.25, -0.2) is 9.37 Å². The maximum atomic E-state index is 14.5. The average Bonchev–Trinajstić information content (AvgIpc) is 3.14. The summed E-state index contributed by atoms with van der Waals surface area (Å²) in [6.07, 6.45) is 0. The highest BCUT2D eigenvalue weighted by Gasteiger charge is 2.19. The van der Waals surface area contributed by atoms with E-state index in [1.165, 1.54) is 6.07 Å². The van der Waals surface area contributed by atoms with Crippen LogP contribution in [-0.4, -0.2) is 19.6 Å². The minimum atomic E-state index is -0.361. The third-order valence-electron chi connectivity index (χ3n) is 4.45. The number of hydrogen-bond donors (Lipinski definition) is 0. The highest BCUT2D eigenvalue weighted by atomic mass is 35.5. The third-order valence-corrected chi connectivity index (χ3v) is 4.68. The number of hydrogen-bond acceptors (Lipinski definition) is 3. The van der Waals surface area contributed by atoms with Crippen molar-refractivity contribution in [2.75, 3.05) is 0 Å². The molecule has 0 radical (unpaired) electrons. The average molecular weight is 375 g/mol. The molecule has 0 amide bonds. The first-order valence-electron chi connectivity index (χ1n) is 8.37. The van der Waals surface area contributed by atoms with E-state index in [1.807, 2.05) is 40.8 Å². The molecule has 0 aliphatic heterocycles. The monoisotopic (exact) mass is 374 g/mol. The SMILES string of the molecule is Fc1ccccc1-c1nnc2c(-c3ccccc3)nc3ccc(Cl)cc3n12. The normalized spacial score (nSPS) is 11.3. The predicted octanol–water partition coefficient (Wildman–Crippen LogP) is 5.40. The van der Waals surface area contributed by atoms with Crippen LogP contribution in [0.3, 0.4) is 0 Å². The van der Waals surface area contributed by atoms with Gasteiger partial charge in [-0.05, 0) is 30.3 Å². The Labute approximate surface area is 158 Å². The lowest BCUT2D eigenvalue weighted by molar-refractivity contribution is 0.630. The summed E-state index contributed by atoms with van der Waals surface area (Å²) in [7, 11) is 0. The third kappa shape index (κ3) is 2.55. The molecule has 2 heterocycles. The van der Waals surface area contributed by atoms with Crippen molar-refractivity contribution in [1.29, 1.82) is 0 Å². The maximum absolute atomic E-state index is 14.5. The Balaban J connectivity index is 1.95. The van der Waals surface area contributed by atoms with E-state index < -0.39 is 0 Å². The first-order valence-corrected chi connectivity index (χ1v) is 8.75. The largest absolute Gasteiger partial charge is 0.271 e. The van der Waals surface area contributed by atoms with E-state index in [2.05, 4.69) is 10.2 Å². The molecular weight excluding hydrogens is 363 g/mol. The highest BCUT2D eigenvalue weighted by Crippen LogP contribution is 2.31. The van der Waals surface area contributed by atoms with Gasteiger partial charge in [0, 0.05) is 10.6 Å². The molecule has 6 heteroatoms. The fourth-order valence-electron chi connectivity index (χ4n) is 3.21. The van der Waals surface area contributed by atoms with Crippen LogP contribution in [0.25, 0.3) is 39.3 Å². The van der Waals surface area contributed by atoms with Crippen LogP contribution >= 0.6 is 11.6 Å². The summed E-state index contributed by atoms with van der Waals surface area (Å²) >= 11 is 6.22. The molecule has 0 saturated carbocycles. The zero-order valence-electron chi connectivity index (χ0n) is 14.0. The molecule has 0 bridgehead atoms. The summed E-state index contributed by atoms with van der Waals surface area (Å²) in [4.78, 5) is 4.77. The van der Waals surface area contributed by atoms with Crippen LogP contribution in [-0.2, 0) is 0 Å². The van der Waals surface area contributed by atoms with Crippen LogP contribution in [0, 0.1) is 5.82 Å². The molecule has 0 spiro atoms. The lowest BCUT2D eigenvalue weighted by Gasteiger charge is -2.09. The molecular formula is C21H12ClFN4. The Morgan fingerprint density at radius 2 is 1.63 bits per heavy atom. The molecule has 0 aliphatic carbocycles. The number of rotatable bonds is 2. The second-order valence-electron chi connectivity index (χ2n) is 6.12. The van der Waals surface area contributed by atoms with Crippen molar-refractivity contribution < 1.29 is 4.39 Å². The Morgan fingerprint density at radius 1 is 0.852 bits per heavy atom. The number of benzene rings is 3. The number of halogens is 2. The van der Waals surface area contributed by atoms with Gasteiger partial charge in [0.1, 0.15) is 11.5 Å². The molecule has 2 aromatic heterocycles. The topological polar surface area (TPSA) is 43.1 Å². The van der Waals surface area contributed by atoms with Gasteiger partial charge in [-0.2, -0.15) is 0 Å². The predicted molar refractivity (Wildman–Crippen MR) is 104 cm³/mol. The fraction of sp³-hybridized carbons (Fsp3) is 0. The first-order chi connectivity index (χ1) is 13.2. The summed E-state index contributed by atoms with van der Waals surface area (Å²) in [5.74, 6) is 0.0509. The van der Waals surface area contributed by atoms with Gasteiger partial charge in [0.25, 0.3) is 0 Å². The maximum Gasteiger partial charge on any atom is 0.188 e. The number of fused-ring (bicyclic) bond motifs is 3. The zero-order chi connectivity index (χ0) is 18.4. The second kappa shape index (κ2) is 6.14. The molecule has 0 saturated heterocycles. The Morgan fingerprint density at radius 3 is 2.44 bits per heavy atom. The molecule has 0 fully saturated rings. The van der Waals surface area contributed by atoms with Crippen molar-refractivity contribution in [3.63, 3.8) is 0 Å². The van der Waals surface area contributed by atoms with Crippen molar-refractivity contribution in [2.24, 2.45) is 0 Å². The smallest absolute Gasteiger partial charge is 0.188 e. The van der Waals surface area contributed by atoms with Crippen LogP contribution < -0.4 is 0 Å². The molecule has 4 nitrogen and oxygen atoms in total. The van der Waals surface area contributed by atoms with E-state index in [9.17, 15) is 4.39 Å². The van der Waals surface area contributed by atoms with Crippen LogP contribution in [0.1, 0.15) is 0 Å². The van der Waals surface area contributed by atoms with Gasteiger partial charge in [0.2, 0.25) is 0 Å². The lowest BCUT2D eigenvalue weighted by atomic mass is 10.1. The van der Waals surface area contributed by atoms with Crippen molar-refractivity contribution in [2.45, 2.75) is 0 Å².